The summed E-state index contributed by atoms with van der Waals surface area (Å²) in [5, 5.41) is 5.32. The molecule has 0 N–H and O–H groups in total. The minimum Gasteiger partial charge on any atom is -0.215 e. The number of hydrogen-bond donors (Lipinski definition) is 0. The van der Waals surface area contributed by atoms with Crippen molar-refractivity contribution in [2.24, 2.45) is 0 Å². The van der Waals surface area contributed by atoms with Crippen molar-refractivity contribution in [2.75, 3.05) is 0 Å². The van der Waals surface area contributed by atoms with Crippen molar-refractivity contribution in [1.82, 2.24) is 19.6 Å². The van der Waals surface area contributed by atoms with Crippen LogP contribution in [0.3, 0.4) is 0 Å². The van der Waals surface area contributed by atoms with Gasteiger partial charge in [-0.15, -0.1) is 0 Å². The van der Waals surface area contributed by atoms with Gasteiger partial charge >= 0.3 is 0 Å². The van der Waals surface area contributed by atoms with Gasteiger partial charge in [0.05, 0.1) is 11.2 Å². The van der Waals surface area contributed by atoms with E-state index in [1.807, 2.05) is 18.2 Å². The van der Waals surface area contributed by atoms with Crippen LogP contribution in [-0.4, -0.2) is 19.6 Å². The van der Waals surface area contributed by atoms with Crippen LogP contribution in [0.25, 0.3) is 16.7 Å². The van der Waals surface area contributed by atoms with Gasteiger partial charge in [-0.25, -0.2) is 4.98 Å². The van der Waals surface area contributed by atoms with Crippen LogP contribution in [0.4, 0.5) is 0 Å². The Labute approximate surface area is 86.6 Å². The zero-order chi connectivity index (χ0) is 10.3. The topological polar surface area (TPSA) is 43.1 Å². The minimum absolute atomic E-state index is 0.672. The lowest BCUT2D eigenvalue weighted by Crippen LogP contribution is -1.98. The third-order valence-corrected chi connectivity index (χ3v) is 2.54. The molecule has 2 aromatic heterocycles. The molecule has 2 heterocycles. The van der Waals surface area contributed by atoms with E-state index in [0.717, 1.165) is 23.0 Å². The van der Waals surface area contributed by atoms with E-state index < -0.39 is 0 Å². The Hall–Kier alpha value is -1.97. The number of nitrogens with zero attached hydrogens (tertiary/aromatic N) is 4. The molecular weight excluding hydrogens is 188 g/mol. The Morgan fingerprint density at radius 3 is 3.00 bits per heavy atom. The molecule has 0 atom stereocenters. The molecule has 0 radical (unpaired) electrons. The zero-order valence-electron chi connectivity index (χ0n) is 8.38. The first kappa shape index (κ1) is 8.35. The summed E-state index contributed by atoms with van der Waals surface area (Å²) in [5.41, 5.74) is 2.14. The number of rotatable bonds is 1. The average Bonchev–Trinajstić information content (AvgIpc) is 2.76. The Bertz CT molecular complexity index is 627. The summed E-state index contributed by atoms with van der Waals surface area (Å²) in [5.74, 6) is 0.672. The molecule has 3 aromatic rings. The van der Waals surface area contributed by atoms with Crippen molar-refractivity contribution < 1.29 is 0 Å². The lowest BCUT2D eigenvalue weighted by atomic mass is 10.1. The summed E-state index contributed by atoms with van der Waals surface area (Å²) in [6.07, 6.45) is 2.44. The molecule has 0 amide bonds. The monoisotopic (exact) mass is 198 g/mol. The lowest BCUT2D eigenvalue weighted by molar-refractivity contribution is 0.956. The maximum absolute atomic E-state index is 4.47. The highest BCUT2D eigenvalue weighted by atomic mass is 15.3. The van der Waals surface area contributed by atoms with Gasteiger partial charge in [0.1, 0.15) is 6.33 Å². The quantitative estimate of drug-likeness (QED) is 0.599. The van der Waals surface area contributed by atoms with Gasteiger partial charge < -0.3 is 0 Å². The van der Waals surface area contributed by atoms with Crippen LogP contribution in [0.1, 0.15) is 12.6 Å². The van der Waals surface area contributed by atoms with Gasteiger partial charge in [0.25, 0.3) is 5.78 Å². The first-order valence-corrected chi connectivity index (χ1v) is 4.97. The largest absolute Gasteiger partial charge is 0.252 e. The Kier molecular flexibility index (Phi) is 1.68. The van der Waals surface area contributed by atoms with E-state index in [1.54, 1.807) is 4.52 Å². The van der Waals surface area contributed by atoms with E-state index in [1.165, 1.54) is 6.33 Å². The fourth-order valence-electron chi connectivity index (χ4n) is 1.83. The summed E-state index contributed by atoms with van der Waals surface area (Å²) in [4.78, 5) is 8.59. The molecule has 74 valence electrons. The number of benzene rings is 1. The van der Waals surface area contributed by atoms with E-state index in [4.69, 9.17) is 0 Å². The normalized spacial score (nSPS) is 11.3. The van der Waals surface area contributed by atoms with Gasteiger partial charge in [0, 0.05) is 5.39 Å². The number of aromatic nitrogens is 4. The van der Waals surface area contributed by atoms with Crippen LogP contribution >= 0.6 is 0 Å². The zero-order valence-corrected chi connectivity index (χ0v) is 8.38. The first-order valence-electron chi connectivity index (χ1n) is 4.97. The van der Waals surface area contributed by atoms with Crippen molar-refractivity contribution in [3.8, 4) is 0 Å². The van der Waals surface area contributed by atoms with Gasteiger partial charge in [-0.2, -0.15) is 14.6 Å². The standard InChI is InChI=1S/C11H10N4/c1-2-9-8-5-3-4-6-10(8)15-11(14-9)12-7-13-15/h3-7H,2H2,1H3. The third kappa shape index (κ3) is 1.11. The van der Waals surface area contributed by atoms with E-state index in [-0.39, 0.29) is 0 Å². The Morgan fingerprint density at radius 1 is 1.27 bits per heavy atom. The maximum atomic E-state index is 4.47. The molecule has 1 aromatic carbocycles. The van der Waals surface area contributed by atoms with Crippen LogP contribution in [-0.2, 0) is 6.42 Å². The van der Waals surface area contributed by atoms with E-state index in [0.29, 0.717) is 5.78 Å². The summed E-state index contributed by atoms with van der Waals surface area (Å²) in [6, 6.07) is 8.13. The average molecular weight is 198 g/mol. The third-order valence-electron chi connectivity index (χ3n) is 2.54. The molecule has 0 aliphatic heterocycles. The van der Waals surface area contributed by atoms with E-state index in [9.17, 15) is 0 Å². The smallest absolute Gasteiger partial charge is 0.215 e. The Morgan fingerprint density at radius 2 is 2.13 bits per heavy atom. The number of hydrogen-bond acceptors (Lipinski definition) is 3. The van der Waals surface area contributed by atoms with Crippen LogP contribution in [0.15, 0.2) is 30.6 Å². The molecule has 0 aliphatic rings. The highest BCUT2D eigenvalue weighted by Gasteiger charge is 2.06. The number of para-hydroxylation sites is 1. The first-order chi connectivity index (χ1) is 7.40. The molecule has 0 bridgehead atoms. The molecule has 0 spiro atoms. The van der Waals surface area contributed by atoms with Gasteiger partial charge in [0.15, 0.2) is 0 Å². The molecule has 3 rings (SSSR count). The predicted molar refractivity (Wildman–Crippen MR) is 57.7 cm³/mol. The molecule has 0 saturated heterocycles. The minimum atomic E-state index is 0.672. The molecule has 0 unspecified atom stereocenters. The summed E-state index contributed by atoms with van der Waals surface area (Å²) >= 11 is 0. The SMILES string of the molecule is CCc1nc2ncnn2c2ccccc12. The van der Waals surface area contributed by atoms with Crippen LogP contribution in [0.2, 0.25) is 0 Å². The fourth-order valence-corrected chi connectivity index (χ4v) is 1.83. The van der Waals surface area contributed by atoms with E-state index >= 15 is 0 Å². The molecule has 0 fully saturated rings. The number of fused-ring (bicyclic) bond motifs is 3. The molecular formula is C11H10N4. The van der Waals surface area contributed by atoms with Crippen molar-refractivity contribution >= 4 is 16.7 Å². The highest BCUT2D eigenvalue weighted by Crippen LogP contribution is 2.17. The fraction of sp³-hybridized carbons (Fsp3) is 0.182. The van der Waals surface area contributed by atoms with Gasteiger partial charge in [-0.05, 0) is 12.5 Å². The van der Waals surface area contributed by atoms with Crippen molar-refractivity contribution in [1.29, 1.82) is 0 Å². The van der Waals surface area contributed by atoms with Crippen LogP contribution in [0.5, 0.6) is 0 Å². The second-order valence-electron chi connectivity index (χ2n) is 3.40. The summed E-state index contributed by atoms with van der Waals surface area (Å²) < 4.78 is 1.77. The van der Waals surface area contributed by atoms with E-state index in [2.05, 4.69) is 28.1 Å². The van der Waals surface area contributed by atoms with Gasteiger partial charge in [-0.1, -0.05) is 25.1 Å². The second kappa shape index (κ2) is 3.02. The Balaban J connectivity index is 2.58. The molecule has 15 heavy (non-hydrogen) atoms. The summed E-state index contributed by atoms with van der Waals surface area (Å²) in [6.45, 7) is 2.10. The molecule has 4 heteroatoms. The molecule has 0 saturated carbocycles. The summed E-state index contributed by atoms with van der Waals surface area (Å²) in [7, 11) is 0. The van der Waals surface area contributed by atoms with Gasteiger partial charge in [-0.3, -0.25) is 0 Å². The second-order valence-corrected chi connectivity index (χ2v) is 3.40. The number of aryl methyl sites for hydroxylation is 1. The van der Waals surface area contributed by atoms with Crippen molar-refractivity contribution in [2.45, 2.75) is 13.3 Å². The molecule has 0 aliphatic carbocycles. The van der Waals surface area contributed by atoms with Crippen molar-refractivity contribution in [3.63, 3.8) is 0 Å². The van der Waals surface area contributed by atoms with Crippen LogP contribution in [0, 0.1) is 0 Å². The highest BCUT2D eigenvalue weighted by molar-refractivity contribution is 5.82. The molecule has 4 nitrogen and oxygen atoms in total. The maximum Gasteiger partial charge on any atom is 0.252 e. The van der Waals surface area contributed by atoms with Crippen molar-refractivity contribution in [3.05, 3.63) is 36.3 Å². The van der Waals surface area contributed by atoms with Crippen LogP contribution < -0.4 is 0 Å². The lowest BCUT2D eigenvalue weighted by Gasteiger charge is -2.04. The predicted octanol–water partition coefficient (Wildman–Crippen LogP) is 1.84. The van der Waals surface area contributed by atoms with Gasteiger partial charge in [0.2, 0.25) is 0 Å².